The van der Waals surface area contributed by atoms with E-state index in [0.717, 1.165) is 20.9 Å². The zero-order chi connectivity index (χ0) is 33.9. The first-order chi connectivity index (χ1) is 21.6. The Morgan fingerprint density at radius 3 is 1.04 bits per heavy atom. The van der Waals surface area contributed by atoms with Crippen molar-refractivity contribution in [3.63, 3.8) is 0 Å². The van der Waals surface area contributed by atoms with E-state index in [2.05, 4.69) is 90.1 Å². The molecular formula is C36H48O6P2S2. The lowest BCUT2D eigenvalue weighted by Crippen LogP contribution is -2.15. The Morgan fingerprint density at radius 2 is 0.804 bits per heavy atom. The molecular weight excluding hydrogens is 654 g/mol. The molecule has 250 valence electrons. The van der Waals surface area contributed by atoms with E-state index in [9.17, 15) is 9.13 Å². The first-order valence-corrected chi connectivity index (χ1v) is 20.6. The van der Waals surface area contributed by atoms with Gasteiger partial charge < -0.3 is 18.1 Å². The van der Waals surface area contributed by atoms with E-state index in [0.29, 0.717) is 20.4 Å². The minimum Gasteiger partial charge on any atom is -0.305 e. The van der Waals surface area contributed by atoms with E-state index in [1.807, 2.05) is 12.1 Å². The smallest absolute Gasteiger partial charge is 0.305 e. The third kappa shape index (κ3) is 8.05. The summed E-state index contributed by atoms with van der Waals surface area (Å²) in [5.41, 5.74) is 4.44. The maximum absolute atomic E-state index is 14.5. The number of benzene rings is 2. The van der Waals surface area contributed by atoms with Gasteiger partial charge in [-0.2, -0.15) is 0 Å². The van der Waals surface area contributed by atoms with Gasteiger partial charge in [-0.25, -0.2) is 0 Å². The molecule has 10 heteroatoms. The van der Waals surface area contributed by atoms with E-state index in [-0.39, 0.29) is 37.3 Å². The topological polar surface area (TPSA) is 71.1 Å². The highest BCUT2D eigenvalue weighted by molar-refractivity contribution is 7.64. The van der Waals surface area contributed by atoms with E-state index < -0.39 is 15.2 Å². The fraction of sp³-hybridized carbons (Fsp3) is 0.444. The quantitative estimate of drug-likeness (QED) is 0.129. The highest BCUT2D eigenvalue weighted by atomic mass is 32.1. The summed E-state index contributed by atoms with van der Waals surface area (Å²) in [5.74, 6) is 0. The predicted molar refractivity (Wildman–Crippen MR) is 197 cm³/mol. The number of hydrogen-bond acceptors (Lipinski definition) is 8. The van der Waals surface area contributed by atoms with Gasteiger partial charge in [0.05, 0.1) is 46.8 Å². The molecule has 0 aliphatic heterocycles. The van der Waals surface area contributed by atoms with Crippen molar-refractivity contribution in [2.24, 2.45) is 0 Å². The van der Waals surface area contributed by atoms with Gasteiger partial charge in [-0.1, -0.05) is 90.1 Å². The Kier molecular flexibility index (Phi) is 11.8. The van der Waals surface area contributed by atoms with Crippen LogP contribution in [0.4, 0.5) is 0 Å². The number of rotatable bonds is 13. The molecule has 4 rings (SSSR count). The van der Waals surface area contributed by atoms with Crippen LogP contribution < -0.4 is 10.6 Å². The summed E-state index contributed by atoms with van der Waals surface area (Å²) in [4.78, 5) is 3.17. The first-order valence-electron chi connectivity index (χ1n) is 15.9. The average Bonchev–Trinajstić information content (AvgIpc) is 3.63. The van der Waals surface area contributed by atoms with Crippen LogP contribution in [0.3, 0.4) is 0 Å². The lowest BCUT2D eigenvalue weighted by atomic mass is 9.86. The van der Waals surface area contributed by atoms with Crippen LogP contribution in [-0.2, 0) is 38.1 Å². The van der Waals surface area contributed by atoms with Crippen LogP contribution in [0, 0.1) is 0 Å². The molecule has 4 aromatic rings. The molecule has 0 N–H and O–H groups in total. The van der Waals surface area contributed by atoms with Crippen molar-refractivity contribution in [1.29, 1.82) is 0 Å². The van der Waals surface area contributed by atoms with Crippen molar-refractivity contribution in [3.05, 3.63) is 71.8 Å². The molecule has 0 spiro atoms. The second kappa shape index (κ2) is 14.7. The van der Waals surface area contributed by atoms with Crippen LogP contribution in [0.25, 0.3) is 30.6 Å². The van der Waals surface area contributed by atoms with Crippen molar-refractivity contribution >= 4 is 48.5 Å². The van der Waals surface area contributed by atoms with Crippen molar-refractivity contribution < 1.29 is 27.2 Å². The molecule has 0 amide bonds. The molecule has 2 heterocycles. The van der Waals surface area contributed by atoms with Gasteiger partial charge in [-0.3, -0.25) is 9.13 Å². The molecule has 0 saturated carbocycles. The lowest BCUT2D eigenvalue weighted by molar-refractivity contribution is 0.229. The van der Waals surface area contributed by atoms with Crippen molar-refractivity contribution in [2.45, 2.75) is 80.1 Å². The number of hydrogen-bond donors (Lipinski definition) is 0. The van der Waals surface area contributed by atoms with Crippen molar-refractivity contribution in [3.8, 4) is 30.6 Å². The van der Waals surface area contributed by atoms with Gasteiger partial charge in [0.1, 0.15) is 0 Å². The zero-order valence-corrected chi connectivity index (χ0v) is 32.2. The maximum Gasteiger partial charge on any atom is 0.362 e. The highest BCUT2D eigenvalue weighted by Crippen LogP contribution is 2.57. The van der Waals surface area contributed by atoms with Crippen molar-refractivity contribution in [2.75, 3.05) is 26.4 Å². The Bertz CT molecular complexity index is 1560. The monoisotopic (exact) mass is 702 g/mol. The number of thiophene rings is 2. The summed E-state index contributed by atoms with van der Waals surface area (Å²) in [6.07, 6.45) is 0. The molecule has 6 nitrogen and oxygen atoms in total. The molecule has 2 aromatic carbocycles. The fourth-order valence-electron chi connectivity index (χ4n) is 5.08. The minimum absolute atomic E-state index is 0.0109. The van der Waals surface area contributed by atoms with Crippen LogP contribution in [0.5, 0.6) is 0 Å². The maximum atomic E-state index is 14.5. The molecule has 0 radical (unpaired) electrons. The van der Waals surface area contributed by atoms with Crippen LogP contribution >= 0.6 is 37.9 Å². The molecule has 0 bridgehead atoms. The van der Waals surface area contributed by atoms with E-state index in [1.54, 1.807) is 27.7 Å². The largest absolute Gasteiger partial charge is 0.362 e. The molecule has 46 heavy (non-hydrogen) atoms. The second-order valence-corrected chi connectivity index (χ2v) is 19.1. The fourth-order valence-corrected chi connectivity index (χ4v) is 12.0. The third-order valence-electron chi connectivity index (χ3n) is 7.49. The Hall–Kier alpha value is -1.86. The summed E-state index contributed by atoms with van der Waals surface area (Å²) in [6.45, 7) is 21.2. The van der Waals surface area contributed by atoms with Crippen molar-refractivity contribution in [1.82, 2.24) is 0 Å². The summed E-state index contributed by atoms with van der Waals surface area (Å²) >= 11 is 2.97. The van der Waals surface area contributed by atoms with Gasteiger partial charge in [0.25, 0.3) is 0 Å². The molecule has 0 aliphatic carbocycles. The lowest BCUT2D eigenvalue weighted by Gasteiger charge is -2.19. The van der Waals surface area contributed by atoms with Crippen LogP contribution in [0.15, 0.2) is 60.7 Å². The van der Waals surface area contributed by atoms with Gasteiger partial charge >= 0.3 is 15.2 Å². The third-order valence-corrected chi connectivity index (χ3v) is 14.6. The van der Waals surface area contributed by atoms with Crippen LogP contribution in [0.1, 0.15) is 80.4 Å². The Labute approximate surface area is 283 Å². The Balaban J connectivity index is 2.01. The first kappa shape index (κ1) is 37.0. The van der Waals surface area contributed by atoms with Crippen LogP contribution in [-0.4, -0.2) is 26.4 Å². The summed E-state index contributed by atoms with van der Waals surface area (Å²) in [7, 11) is -7.51. The molecule has 0 unspecified atom stereocenters. The second-order valence-electron chi connectivity index (χ2n) is 13.0. The van der Waals surface area contributed by atoms with E-state index >= 15 is 0 Å². The summed E-state index contributed by atoms with van der Waals surface area (Å²) < 4.78 is 52.6. The van der Waals surface area contributed by atoms with Crippen LogP contribution in [0.2, 0.25) is 0 Å². The zero-order valence-electron chi connectivity index (χ0n) is 28.8. The van der Waals surface area contributed by atoms with Gasteiger partial charge in [0, 0.05) is 9.75 Å². The van der Waals surface area contributed by atoms with E-state index in [1.165, 1.54) is 33.8 Å². The standard InChI is InChI=1S/C36H48O6P2S2/c1-11-39-43(37,40-12-2)29-23-31(25-15-19-27(20-16-25)35(5,6)7)45-33(29)34-30(44(38,41-13-3)42-14-4)24-32(46-34)26-17-21-28(22-18-26)36(8,9)10/h15-24H,11-14H2,1-10H3. The summed E-state index contributed by atoms with van der Waals surface area (Å²) in [6, 6.07) is 20.7. The van der Waals surface area contributed by atoms with Gasteiger partial charge in [-0.05, 0) is 72.9 Å². The molecule has 2 aromatic heterocycles. The minimum atomic E-state index is -3.76. The Morgan fingerprint density at radius 1 is 0.522 bits per heavy atom. The van der Waals surface area contributed by atoms with Gasteiger partial charge in [0.2, 0.25) is 0 Å². The highest BCUT2D eigenvalue weighted by Gasteiger charge is 2.38. The van der Waals surface area contributed by atoms with Gasteiger partial charge in [0.15, 0.2) is 0 Å². The molecule has 0 aliphatic rings. The molecule has 0 atom stereocenters. The molecule has 0 fully saturated rings. The molecule has 0 saturated heterocycles. The normalized spacial score (nSPS) is 13.0. The van der Waals surface area contributed by atoms with E-state index in [4.69, 9.17) is 18.1 Å². The van der Waals surface area contributed by atoms with Gasteiger partial charge in [-0.15, -0.1) is 22.7 Å². The SMILES string of the molecule is CCOP(=O)(OCC)c1cc(-c2ccc(C(C)(C)C)cc2)sc1-c1sc(-c2ccc(C(C)(C)C)cc2)cc1P(=O)(OCC)OCC. The summed E-state index contributed by atoms with van der Waals surface area (Å²) in [5, 5.41) is 0.904. The average molecular weight is 703 g/mol. The predicted octanol–water partition coefficient (Wildman–Crippen LogP) is 11.2.